The minimum Gasteiger partial charge on any atom is -0.479 e. The Kier molecular flexibility index (Phi) is 2.18. The van der Waals surface area contributed by atoms with E-state index in [1.54, 1.807) is 0 Å². The summed E-state index contributed by atoms with van der Waals surface area (Å²) in [5.74, 6) is -0.662. The number of rotatable bonds is 2. The molecule has 0 aliphatic heterocycles. The van der Waals surface area contributed by atoms with Crippen LogP contribution in [-0.2, 0) is 4.79 Å². The molecule has 0 bridgehead atoms. The van der Waals surface area contributed by atoms with Gasteiger partial charge in [0.2, 0.25) is 0 Å². The van der Waals surface area contributed by atoms with E-state index >= 15 is 0 Å². The predicted octanol–water partition coefficient (Wildman–Crippen LogP) is 1.01. The van der Waals surface area contributed by atoms with E-state index in [2.05, 4.69) is 0 Å². The maximum absolute atomic E-state index is 10.5. The van der Waals surface area contributed by atoms with Gasteiger partial charge in [-0.2, -0.15) is 0 Å². The van der Waals surface area contributed by atoms with Crippen molar-refractivity contribution >= 4 is 5.97 Å². The van der Waals surface area contributed by atoms with Crippen LogP contribution in [0.4, 0.5) is 0 Å². The van der Waals surface area contributed by atoms with Gasteiger partial charge in [-0.1, -0.05) is 13.3 Å². The maximum atomic E-state index is 10.5. The molecule has 1 fully saturated rings. The Morgan fingerprint density at radius 3 is 2.64 bits per heavy atom. The van der Waals surface area contributed by atoms with Crippen molar-refractivity contribution in [1.82, 2.24) is 0 Å². The van der Waals surface area contributed by atoms with Crippen LogP contribution in [0.3, 0.4) is 0 Å². The number of hydrogen-bond acceptors (Lipinski definition) is 2. The van der Waals surface area contributed by atoms with E-state index in [0.717, 1.165) is 12.8 Å². The first-order chi connectivity index (χ1) is 5.08. The summed E-state index contributed by atoms with van der Waals surface area (Å²) < 4.78 is 0. The van der Waals surface area contributed by atoms with Crippen LogP contribution in [0.5, 0.6) is 0 Å². The molecule has 0 radical (unpaired) electrons. The third kappa shape index (κ3) is 1.53. The van der Waals surface area contributed by atoms with Gasteiger partial charge in [-0.05, 0) is 25.2 Å². The largest absolute Gasteiger partial charge is 0.479 e. The van der Waals surface area contributed by atoms with Crippen molar-refractivity contribution in [3.8, 4) is 0 Å². The Hall–Kier alpha value is -0.570. The van der Waals surface area contributed by atoms with E-state index in [-0.39, 0.29) is 0 Å². The average Bonchev–Trinajstić information content (AvgIpc) is 2.33. The van der Waals surface area contributed by atoms with E-state index in [1.807, 2.05) is 6.92 Å². The Morgan fingerprint density at radius 1 is 1.73 bits per heavy atom. The fraction of sp³-hybridized carbons (Fsp3) is 0.875. The molecule has 0 spiro atoms. The number of aliphatic carboxylic acids is 1. The zero-order chi connectivity index (χ0) is 8.48. The molecular weight excluding hydrogens is 144 g/mol. The SMILES string of the molecule is CC[C@H]1CC[C@@](O)(C(=O)O)C1. The highest BCUT2D eigenvalue weighted by Gasteiger charge is 2.42. The first-order valence-electron chi connectivity index (χ1n) is 4.04. The van der Waals surface area contributed by atoms with Crippen LogP contribution in [-0.4, -0.2) is 21.8 Å². The van der Waals surface area contributed by atoms with Crippen LogP contribution < -0.4 is 0 Å². The molecule has 0 saturated heterocycles. The van der Waals surface area contributed by atoms with Gasteiger partial charge in [0.15, 0.2) is 5.60 Å². The van der Waals surface area contributed by atoms with Crippen LogP contribution in [0.15, 0.2) is 0 Å². The monoisotopic (exact) mass is 158 g/mol. The van der Waals surface area contributed by atoms with Crippen LogP contribution in [0.1, 0.15) is 32.6 Å². The summed E-state index contributed by atoms with van der Waals surface area (Å²) in [7, 11) is 0. The number of carbonyl (C=O) groups is 1. The van der Waals surface area contributed by atoms with Crippen molar-refractivity contribution in [3.05, 3.63) is 0 Å². The lowest BCUT2D eigenvalue weighted by Gasteiger charge is -2.15. The summed E-state index contributed by atoms with van der Waals surface area (Å²) in [6, 6.07) is 0. The Labute approximate surface area is 66.0 Å². The fourth-order valence-corrected chi connectivity index (χ4v) is 1.67. The molecule has 0 aromatic heterocycles. The van der Waals surface area contributed by atoms with Gasteiger partial charge in [-0.15, -0.1) is 0 Å². The molecule has 3 heteroatoms. The van der Waals surface area contributed by atoms with Crippen molar-refractivity contribution in [2.24, 2.45) is 5.92 Å². The number of carboxylic acids is 1. The van der Waals surface area contributed by atoms with Crippen LogP contribution in [0.2, 0.25) is 0 Å². The molecule has 0 amide bonds. The second kappa shape index (κ2) is 2.81. The minimum absolute atomic E-state index is 0.399. The Balaban J connectivity index is 2.57. The average molecular weight is 158 g/mol. The van der Waals surface area contributed by atoms with Gasteiger partial charge in [-0.3, -0.25) is 0 Å². The molecule has 1 rings (SSSR count). The van der Waals surface area contributed by atoms with Gasteiger partial charge < -0.3 is 10.2 Å². The lowest BCUT2D eigenvalue weighted by atomic mass is 9.99. The van der Waals surface area contributed by atoms with E-state index < -0.39 is 11.6 Å². The lowest BCUT2D eigenvalue weighted by Crippen LogP contribution is -2.35. The number of aliphatic hydroxyl groups is 1. The van der Waals surface area contributed by atoms with Crippen molar-refractivity contribution in [2.75, 3.05) is 0 Å². The zero-order valence-corrected chi connectivity index (χ0v) is 6.71. The number of hydrogen-bond donors (Lipinski definition) is 2. The van der Waals surface area contributed by atoms with Gasteiger partial charge in [-0.25, -0.2) is 4.79 Å². The second-order valence-corrected chi connectivity index (χ2v) is 3.35. The third-order valence-electron chi connectivity index (χ3n) is 2.57. The first-order valence-corrected chi connectivity index (χ1v) is 4.04. The molecule has 1 aliphatic carbocycles. The second-order valence-electron chi connectivity index (χ2n) is 3.35. The van der Waals surface area contributed by atoms with Crippen LogP contribution >= 0.6 is 0 Å². The van der Waals surface area contributed by atoms with Crippen LogP contribution in [0, 0.1) is 5.92 Å². The normalized spacial score (nSPS) is 37.5. The van der Waals surface area contributed by atoms with Gasteiger partial charge in [0.05, 0.1) is 0 Å². The first kappa shape index (κ1) is 8.53. The molecule has 64 valence electrons. The van der Waals surface area contributed by atoms with Gasteiger partial charge in [0.1, 0.15) is 0 Å². The molecule has 11 heavy (non-hydrogen) atoms. The van der Waals surface area contributed by atoms with Crippen molar-refractivity contribution < 1.29 is 15.0 Å². The fourth-order valence-electron chi connectivity index (χ4n) is 1.67. The van der Waals surface area contributed by atoms with Gasteiger partial charge >= 0.3 is 5.97 Å². The van der Waals surface area contributed by atoms with Crippen LogP contribution in [0.25, 0.3) is 0 Å². The molecule has 0 aromatic carbocycles. The summed E-state index contributed by atoms with van der Waals surface area (Å²) in [5, 5.41) is 18.1. The summed E-state index contributed by atoms with van der Waals surface area (Å²) in [5.41, 5.74) is -1.42. The lowest BCUT2D eigenvalue weighted by molar-refractivity contribution is -0.158. The molecule has 2 N–H and O–H groups in total. The number of carboxylic acid groups (broad SMARTS) is 1. The van der Waals surface area contributed by atoms with Crippen molar-refractivity contribution in [3.63, 3.8) is 0 Å². The highest BCUT2D eigenvalue weighted by molar-refractivity contribution is 5.77. The third-order valence-corrected chi connectivity index (χ3v) is 2.57. The molecule has 0 unspecified atom stereocenters. The van der Waals surface area contributed by atoms with E-state index in [4.69, 9.17) is 5.11 Å². The summed E-state index contributed by atoms with van der Waals surface area (Å²) >= 11 is 0. The van der Waals surface area contributed by atoms with Gasteiger partial charge in [0, 0.05) is 0 Å². The Morgan fingerprint density at radius 2 is 2.36 bits per heavy atom. The van der Waals surface area contributed by atoms with E-state index in [0.29, 0.717) is 18.8 Å². The summed E-state index contributed by atoms with van der Waals surface area (Å²) in [6.07, 6.45) is 2.66. The zero-order valence-electron chi connectivity index (χ0n) is 6.71. The van der Waals surface area contributed by atoms with Crippen molar-refractivity contribution in [1.29, 1.82) is 0 Å². The minimum atomic E-state index is -1.42. The smallest absolute Gasteiger partial charge is 0.335 e. The standard InChI is InChI=1S/C8H14O3/c1-2-6-3-4-8(11,5-6)7(9)10/h6,11H,2-5H2,1H3,(H,9,10)/t6-,8-/m0/s1. The molecule has 1 saturated carbocycles. The molecule has 1 aliphatic rings. The molecule has 0 aromatic rings. The van der Waals surface area contributed by atoms with Gasteiger partial charge in [0.25, 0.3) is 0 Å². The quantitative estimate of drug-likeness (QED) is 0.630. The predicted molar refractivity (Wildman–Crippen MR) is 40.2 cm³/mol. The highest BCUT2D eigenvalue weighted by atomic mass is 16.4. The topological polar surface area (TPSA) is 57.5 Å². The van der Waals surface area contributed by atoms with Crippen molar-refractivity contribution in [2.45, 2.75) is 38.2 Å². The highest BCUT2D eigenvalue weighted by Crippen LogP contribution is 2.36. The Bertz CT molecular complexity index is 167. The molecule has 0 heterocycles. The summed E-state index contributed by atoms with van der Waals surface area (Å²) in [4.78, 5) is 10.5. The van der Waals surface area contributed by atoms with E-state index in [9.17, 15) is 9.90 Å². The molecule has 3 nitrogen and oxygen atoms in total. The summed E-state index contributed by atoms with van der Waals surface area (Å²) in [6.45, 7) is 2.03. The molecular formula is C8H14O3. The van der Waals surface area contributed by atoms with E-state index in [1.165, 1.54) is 0 Å². The maximum Gasteiger partial charge on any atom is 0.335 e. The molecule has 2 atom stereocenters.